The topological polar surface area (TPSA) is 64.1 Å². The Labute approximate surface area is 54.2 Å². The van der Waals surface area contributed by atoms with Crippen LogP contribution in [0.2, 0.25) is 0 Å². The molecule has 0 atom stereocenters. The van der Waals surface area contributed by atoms with E-state index in [9.17, 15) is 0 Å². The molecular weight excluding hydrogens is 187 g/mol. The smallest absolute Gasteiger partial charge is 0.177 e. The third-order valence-electron chi connectivity index (χ3n) is 0.142. The van der Waals surface area contributed by atoms with Crippen molar-refractivity contribution in [3.63, 3.8) is 0 Å². The molecule has 0 bridgehead atoms. The molecule has 0 amide bonds. The van der Waals surface area contributed by atoms with Crippen LogP contribution in [0.15, 0.2) is 0 Å². The molecule has 0 spiro atoms. The van der Waals surface area contributed by atoms with Crippen molar-refractivity contribution in [1.82, 2.24) is 5.43 Å². The summed E-state index contributed by atoms with van der Waals surface area (Å²) in [6.45, 7) is 0. The van der Waals surface area contributed by atoms with Crippen molar-refractivity contribution in [3.8, 4) is 0 Å². The molecule has 0 saturated heterocycles. The van der Waals surface area contributed by atoms with Gasteiger partial charge in [-0.25, -0.2) is 5.84 Å². The first kappa shape index (κ1) is 9.55. The molecule has 5 N–H and O–H groups in total. The maximum absolute atomic E-state index is 4.79. The van der Waals surface area contributed by atoms with Crippen LogP contribution in [0.3, 0.4) is 0 Å². The van der Waals surface area contributed by atoms with Crippen molar-refractivity contribution in [1.29, 1.82) is 0 Å². The first-order chi connectivity index (χ1) is 2.27. The van der Waals surface area contributed by atoms with Crippen LogP contribution in [0.25, 0.3) is 0 Å². The molecular formula is CH5N3RuS. The fourth-order valence-electron chi connectivity index (χ4n) is 0. The number of hydrogen-bond donors (Lipinski definition) is 3. The zero-order valence-electron chi connectivity index (χ0n) is 2.92. The first-order valence-electron chi connectivity index (χ1n) is 1.03. The molecule has 0 unspecified atom stereocenters. The van der Waals surface area contributed by atoms with Crippen molar-refractivity contribution >= 4 is 17.3 Å². The Morgan fingerprint density at radius 3 is 1.83 bits per heavy atom. The van der Waals surface area contributed by atoms with Crippen molar-refractivity contribution in [2.45, 2.75) is 0 Å². The molecule has 0 aromatic carbocycles. The van der Waals surface area contributed by atoms with Crippen molar-refractivity contribution in [3.05, 3.63) is 0 Å². The maximum Gasteiger partial charge on any atom is 0.177 e. The molecule has 0 saturated carbocycles. The van der Waals surface area contributed by atoms with Gasteiger partial charge >= 0.3 is 0 Å². The van der Waals surface area contributed by atoms with E-state index in [1.165, 1.54) is 0 Å². The Balaban J connectivity index is 0. The molecule has 5 heteroatoms. The quantitative estimate of drug-likeness (QED) is 0.193. The molecule has 0 aliphatic rings. The average Bonchev–Trinajstić information content (AvgIpc) is 1.38. The number of nitrogens with one attached hydrogen (secondary N) is 1. The summed E-state index contributed by atoms with van der Waals surface area (Å²) in [7, 11) is 0. The SMILES string of the molecule is NNC(N)=S.[Ru]. The molecule has 0 aliphatic heterocycles. The summed E-state index contributed by atoms with van der Waals surface area (Å²) in [5.41, 5.74) is 6.82. The van der Waals surface area contributed by atoms with Gasteiger partial charge in [0.1, 0.15) is 0 Å². The summed E-state index contributed by atoms with van der Waals surface area (Å²) in [5.74, 6) is 4.66. The predicted molar refractivity (Wildman–Crippen MR) is 24.1 cm³/mol. The van der Waals surface area contributed by atoms with Crippen LogP contribution in [-0.2, 0) is 19.5 Å². The Bertz CT molecular complexity index is 46.1. The van der Waals surface area contributed by atoms with E-state index in [2.05, 4.69) is 18.1 Å². The molecule has 0 heterocycles. The minimum absolute atomic E-state index is 0. The fourth-order valence-corrected chi connectivity index (χ4v) is 0. The van der Waals surface area contributed by atoms with Gasteiger partial charge in [0.2, 0.25) is 0 Å². The second-order valence-corrected chi connectivity index (χ2v) is 0.948. The normalized spacial score (nSPS) is 5.50. The van der Waals surface area contributed by atoms with Gasteiger partial charge in [-0.3, -0.25) is 0 Å². The standard InChI is InChI=1S/CH5N3S.Ru/c2-1(5)4-3;/h3H2,(H3,2,4,5);. The number of rotatable bonds is 0. The predicted octanol–water partition coefficient (Wildman–Crippen LogP) is -1.31. The van der Waals surface area contributed by atoms with Crippen molar-refractivity contribution < 1.29 is 19.5 Å². The van der Waals surface area contributed by atoms with Crippen LogP contribution in [0.4, 0.5) is 0 Å². The van der Waals surface area contributed by atoms with Gasteiger partial charge in [0, 0.05) is 19.5 Å². The van der Waals surface area contributed by atoms with Crippen LogP contribution in [0, 0.1) is 0 Å². The number of thiocarbonyl (C=S) groups is 1. The molecule has 3 nitrogen and oxygen atoms in total. The first-order valence-corrected chi connectivity index (χ1v) is 1.44. The van der Waals surface area contributed by atoms with Gasteiger partial charge in [0.25, 0.3) is 0 Å². The largest absolute Gasteiger partial charge is 0.375 e. The Morgan fingerprint density at radius 2 is 1.83 bits per heavy atom. The zero-order valence-corrected chi connectivity index (χ0v) is 5.47. The summed E-state index contributed by atoms with van der Waals surface area (Å²) in [6.07, 6.45) is 0. The van der Waals surface area contributed by atoms with Crippen LogP contribution in [0.5, 0.6) is 0 Å². The monoisotopic (exact) mass is 193 g/mol. The second-order valence-electron chi connectivity index (χ2n) is 0.509. The maximum atomic E-state index is 4.79. The van der Waals surface area contributed by atoms with Gasteiger partial charge in [-0.1, -0.05) is 0 Å². The van der Waals surface area contributed by atoms with Gasteiger partial charge in [-0.2, -0.15) is 0 Å². The van der Waals surface area contributed by atoms with Gasteiger partial charge in [0.05, 0.1) is 0 Å². The molecule has 0 rings (SSSR count). The summed E-state index contributed by atoms with van der Waals surface area (Å²) >= 11 is 4.24. The van der Waals surface area contributed by atoms with Crippen LogP contribution in [0.1, 0.15) is 0 Å². The van der Waals surface area contributed by atoms with E-state index >= 15 is 0 Å². The molecule has 0 aromatic heterocycles. The number of nitrogens with two attached hydrogens (primary N) is 2. The summed E-state index contributed by atoms with van der Waals surface area (Å²) in [4.78, 5) is 0. The van der Waals surface area contributed by atoms with E-state index in [-0.39, 0.29) is 24.6 Å². The molecule has 38 valence electrons. The summed E-state index contributed by atoms with van der Waals surface area (Å²) < 4.78 is 0. The number of hydrogen-bond acceptors (Lipinski definition) is 2. The van der Waals surface area contributed by atoms with E-state index in [1.807, 2.05) is 5.43 Å². The number of hydrazine groups is 1. The van der Waals surface area contributed by atoms with Crippen LogP contribution < -0.4 is 17.0 Å². The van der Waals surface area contributed by atoms with E-state index in [1.54, 1.807) is 0 Å². The van der Waals surface area contributed by atoms with E-state index in [4.69, 9.17) is 5.73 Å². The van der Waals surface area contributed by atoms with Gasteiger partial charge in [-0.15, -0.1) is 0 Å². The molecule has 6 heavy (non-hydrogen) atoms. The Morgan fingerprint density at radius 1 is 1.67 bits per heavy atom. The fraction of sp³-hybridized carbons (Fsp3) is 0. The van der Waals surface area contributed by atoms with Gasteiger partial charge < -0.3 is 11.2 Å². The summed E-state index contributed by atoms with van der Waals surface area (Å²) in [5, 5.41) is 0.116. The average molecular weight is 192 g/mol. The van der Waals surface area contributed by atoms with Crippen molar-refractivity contribution in [2.24, 2.45) is 11.6 Å². The molecule has 0 aromatic rings. The van der Waals surface area contributed by atoms with Crippen molar-refractivity contribution in [2.75, 3.05) is 0 Å². The van der Waals surface area contributed by atoms with E-state index < -0.39 is 0 Å². The zero-order chi connectivity index (χ0) is 4.28. The Hall–Kier alpha value is 0.273. The molecule has 0 aliphatic carbocycles. The van der Waals surface area contributed by atoms with Crippen LogP contribution >= 0.6 is 12.2 Å². The van der Waals surface area contributed by atoms with Gasteiger partial charge in [0.15, 0.2) is 5.11 Å². The minimum atomic E-state index is 0. The molecule has 0 radical (unpaired) electrons. The second kappa shape index (κ2) is 5.27. The third-order valence-corrected chi connectivity index (χ3v) is 0.260. The van der Waals surface area contributed by atoms with E-state index in [0.717, 1.165) is 0 Å². The molecule has 0 fully saturated rings. The Kier molecular flexibility index (Phi) is 8.40. The van der Waals surface area contributed by atoms with E-state index in [0.29, 0.717) is 0 Å². The van der Waals surface area contributed by atoms with Gasteiger partial charge in [-0.05, 0) is 12.2 Å². The minimum Gasteiger partial charge on any atom is -0.375 e. The summed E-state index contributed by atoms with van der Waals surface area (Å²) in [6, 6.07) is 0. The third kappa shape index (κ3) is 8.86. The van der Waals surface area contributed by atoms with Crippen LogP contribution in [-0.4, -0.2) is 5.11 Å².